The summed E-state index contributed by atoms with van der Waals surface area (Å²) in [4.78, 5) is 22.3. The molecule has 2 amide bonds. The molecule has 1 unspecified atom stereocenters. The van der Waals surface area contributed by atoms with Gasteiger partial charge in [-0.05, 0) is 36.8 Å². The Morgan fingerprint density at radius 2 is 1.81 bits per heavy atom. The molecule has 1 atom stereocenters. The summed E-state index contributed by atoms with van der Waals surface area (Å²) in [6.45, 7) is 4.70. The molecule has 0 heterocycles. The quantitative estimate of drug-likeness (QED) is 0.687. The Balaban J connectivity index is 2.29. The van der Waals surface area contributed by atoms with Gasteiger partial charge in [0.2, 0.25) is 0 Å². The van der Waals surface area contributed by atoms with Crippen molar-refractivity contribution < 1.29 is 14.7 Å². The molecule has 0 saturated carbocycles. The molecule has 5 nitrogen and oxygen atoms in total. The van der Waals surface area contributed by atoms with Crippen molar-refractivity contribution in [3.8, 4) is 0 Å². The van der Waals surface area contributed by atoms with Gasteiger partial charge < -0.3 is 15.7 Å². The molecule has 0 saturated heterocycles. The standard InChI is InChI=1S/C16H24N2O3/c1-12(2)13(8-9-15(19)20)10-11-17-16(21)18-14-6-4-3-5-7-14/h3-7,12-13H,8-11H2,1-2H3,(H,19,20)(H2,17,18,21). The predicted molar refractivity (Wildman–Crippen MR) is 83.3 cm³/mol. The van der Waals surface area contributed by atoms with Gasteiger partial charge in [-0.2, -0.15) is 0 Å². The third kappa shape index (κ3) is 7.34. The average Bonchev–Trinajstić information content (AvgIpc) is 2.43. The molecule has 0 aliphatic rings. The Labute approximate surface area is 125 Å². The first-order valence-corrected chi connectivity index (χ1v) is 7.30. The van der Waals surface area contributed by atoms with Gasteiger partial charge in [0.25, 0.3) is 0 Å². The molecule has 5 heteroatoms. The van der Waals surface area contributed by atoms with E-state index in [1.807, 2.05) is 30.3 Å². The lowest BCUT2D eigenvalue weighted by molar-refractivity contribution is -0.137. The lowest BCUT2D eigenvalue weighted by Gasteiger charge is -2.20. The number of hydrogen-bond acceptors (Lipinski definition) is 2. The number of carboxylic acid groups (broad SMARTS) is 1. The average molecular weight is 292 g/mol. The molecule has 0 fully saturated rings. The van der Waals surface area contributed by atoms with Crippen LogP contribution in [-0.2, 0) is 4.79 Å². The lowest BCUT2D eigenvalue weighted by Crippen LogP contribution is -2.31. The van der Waals surface area contributed by atoms with Crippen molar-refractivity contribution >= 4 is 17.7 Å². The SMILES string of the molecule is CC(C)C(CCNC(=O)Nc1ccccc1)CCC(=O)O. The molecule has 0 aliphatic carbocycles. The molecule has 0 spiro atoms. The van der Waals surface area contributed by atoms with Gasteiger partial charge in [0.1, 0.15) is 0 Å². The second-order valence-electron chi connectivity index (χ2n) is 5.47. The van der Waals surface area contributed by atoms with Gasteiger partial charge in [0.05, 0.1) is 0 Å². The van der Waals surface area contributed by atoms with Crippen LogP contribution in [0.3, 0.4) is 0 Å². The van der Waals surface area contributed by atoms with Crippen molar-refractivity contribution in [2.24, 2.45) is 11.8 Å². The smallest absolute Gasteiger partial charge is 0.319 e. The highest BCUT2D eigenvalue weighted by Crippen LogP contribution is 2.20. The number of urea groups is 1. The summed E-state index contributed by atoms with van der Waals surface area (Å²) in [6, 6.07) is 9.01. The number of carbonyl (C=O) groups excluding carboxylic acids is 1. The van der Waals surface area contributed by atoms with Crippen molar-refractivity contribution in [2.45, 2.75) is 33.1 Å². The number of carboxylic acids is 1. The van der Waals surface area contributed by atoms with E-state index in [-0.39, 0.29) is 12.5 Å². The lowest BCUT2D eigenvalue weighted by atomic mass is 9.88. The van der Waals surface area contributed by atoms with E-state index in [2.05, 4.69) is 24.5 Å². The van der Waals surface area contributed by atoms with Gasteiger partial charge in [0.15, 0.2) is 0 Å². The fraction of sp³-hybridized carbons (Fsp3) is 0.500. The fourth-order valence-corrected chi connectivity index (χ4v) is 2.19. The van der Waals surface area contributed by atoms with Crippen LogP contribution in [0.5, 0.6) is 0 Å². The van der Waals surface area contributed by atoms with E-state index in [1.165, 1.54) is 0 Å². The van der Waals surface area contributed by atoms with E-state index in [0.717, 1.165) is 12.1 Å². The third-order valence-corrected chi connectivity index (χ3v) is 3.50. The number of aliphatic carboxylic acids is 1. The topological polar surface area (TPSA) is 78.4 Å². The highest BCUT2D eigenvalue weighted by atomic mass is 16.4. The maximum Gasteiger partial charge on any atom is 0.319 e. The molecule has 1 aromatic rings. The Bertz CT molecular complexity index is 446. The summed E-state index contributed by atoms with van der Waals surface area (Å²) in [5, 5.41) is 14.3. The second kappa shape index (κ2) is 9.00. The van der Waals surface area contributed by atoms with Crippen molar-refractivity contribution in [3.05, 3.63) is 30.3 Å². The van der Waals surface area contributed by atoms with Gasteiger partial charge in [-0.1, -0.05) is 32.0 Å². The number of benzene rings is 1. The Hall–Kier alpha value is -2.04. The summed E-state index contributed by atoms with van der Waals surface area (Å²) in [5.41, 5.74) is 0.751. The number of para-hydroxylation sites is 1. The number of hydrogen-bond donors (Lipinski definition) is 3. The number of rotatable bonds is 8. The molecule has 0 radical (unpaired) electrons. The van der Waals surface area contributed by atoms with E-state index in [0.29, 0.717) is 24.8 Å². The maximum atomic E-state index is 11.7. The van der Waals surface area contributed by atoms with Crippen LogP contribution in [0, 0.1) is 11.8 Å². The molecule has 1 rings (SSSR count). The number of nitrogens with one attached hydrogen (secondary N) is 2. The number of amides is 2. The molecule has 0 aromatic heterocycles. The van der Waals surface area contributed by atoms with Gasteiger partial charge in [-0.15, -0.1) is 0 Å². The third-order valence-electron chi connectivity index (χ3n) is 3.50. The zero-order chi connectivity index (χ0) is 15.7. The number of anilines is 1. The van der Waals surface area contributed by atoms with Crippen LogP contribution in [0.1, 0.15) is 33.1 Å². The number of carbonyl (C=O) groups is 2. The predicted octanol–water partition coefficient (Wildman–Crippen LogP) is 3.34. The van der Waals surface area contributed by atoms with Gasteiger partial charge in [0, 0.05) is 18.7 Å². The molecule has 21 heavy (non-hydrogen) atoms. The van der Waals surface area contributed by atoms with Crippen molar-refractivity contribution in [1.82, 2.24) is 5.32 Å². The van der Waals surface area contributed by atoms with E-state index in [4.69, 9.17) is 5.11 Å². The van der Waals surface area contributed by atoms with Crippen LogP contribution in [-0.4, -0.2) is 23.7 Å². The molecule has 3 N–H and O–H groups in total. The van der Waals surface area contributed by atoms with E-state index < -0.39 is 5.97 Å². The first-order valence-electron chi connectivity index (χ1n) is 7.30. The first-order chi connectivity index (χ1) is 9.99. The minimum Gasteiger partial charge on any atom is -0.481 e. The van der Waals surface area contributed by atoms with Gasteiger partial charge in [-0.25, -0.2) is 4.79 Å². The highest BCUT2D eigenvalue weighted by Gasteiger charge is 2.15. The Kier molecular flexibility index (Phi) is 7.29. The van der Waals surface area contributed by atoms with Gasteiger partial charge >= 0.3 is 12.0 Å². The van der Waals surface area contributed by atoms with Crippen molar-refractivity contribution in [2.75, 3.05) is 11.9 Å². The normalized spacial score (nSPS) is 12.0. The van der Waals surface area contributed by atoms with E-state index in [1.54, 1.807) is 0 Å². The minimum atomic E-state index is -0.768. The van der Waals surface area contributed by atoms with Crippen LogP contribution in [0.25, 0.3) is 0 Å². The Morgan fingerprint density at radius 1 is 1.14 bits per heavy atom. The summed E-state index contributed by atoms with van der Waals surface area (Å²) in [5.74, 6) is -0.0584. The molecule has 0 aliphatic heterocycles. The molecular weight excluding hydrogens is 268 g/mol. The maximum absolute atomic E-state index is 11.7. The zero-order valence-electron chi connectivity index (χ0n) is 12.6. The van der Waals surface area contributed by atoms with Crippen LogP contribution >= 0.6 is 0 Å². The van der Waals surface area contributed by atoms with Crippen molar-refractivity contribution in [3.63, 3.8) is 0 Å². The van der Waals surface area contributed by atoms with Crippen molar-refractivity contribution in [1.29, 1.82) is 0 Å². The summed E-state index contributed by atoms with van der Waals surface area (Å²) >= 11 is 0. The summed E-state index contributed by atoms with van der Waals surface area (Å²) in [6.07, 6.45) is 1.61. The monoisotopic (exact) mass is 292 g/mol. The Morgan fingerprint density at radius 3 is 2.38 bits per heavy atom. The molecule has 116 valence electrons. The highest BCUT2D eigenvalue weighted by molar-refractivity contribution is 5.89. The second-order valence-corrected chi connectivity index (χ2v) is 5.47. The first kappa shape index (κ1) is 17.0. The van der Waals surface area contributed by atoms with Crippen LogP contribution < -0.4 is 10.6 Å². The largest absolute Gasteiger partial charge is 0.481 e. The fourth-order valence-electron chi connectivity index (χ4n) is 2.19. The summed E-state index contributed by atoms with van der Waals surface area (Å²) < 4.78 is 0. The zero-order valence-corrected chi connectivity index (χ0v) is 12.6. The van der Waals surface area contributed by atoms with Crippen LogP contribution in [0.4, 0.5) is 10.5 Å². The molecule has 1 aromatic carbocycles. The minimum absolute atomic E-state index is 0.180. The van der Waals surface area contributed by atoms with Gasteiger partial charge in [-0.3, -0.25) is 4.79 Å². The van der Waals surface area contributed by atoms with Crippen LogP contribution in [0.2, 0.25) is 0 Å². The summed E-state index contributed by atoms with van der Waals surface area (Å²) in [7, 11) is 0. The van der Waals surface area contributed by atoms with Crippen LogP contribution in [0.15, 0.2) is 30.3 Å². The van der Waals surface area contributed by atoms with E-state index in [9.17, 15) is 9.59 Å². The van der Waals surface area contributed by atoms with E-state index >= 15 is 0 Å². The molecular formula is C16H24N2O3. The molecule has 0 bridgehead atoms.